The van der Waals surface area contributed by atoms with Gasteiger partial charge >= 0.3 is 5.97 Å². The summed E-state index contributed by atoms with van der Waals surface area (Å²) in [5.41, 5.74) is 5.33. The normalized spacial score (nSPS) is 17.5. The van der Waals surface area contributed by atoms with Gasteiger partial charge in [-0.3, -0.25) is 9.59 Å². The van der Waals surface area contributed by atoms with Crippen LogP contribution in [0.15, 0.2) is 24.3 Å². The van der Waals surface area contributed by atoms with Gasteiger partial charge in [0.1, 0.15) is 16.7 Å². The molecule has 2 N–H and O–H groups in total. The standard InChI is InChI=1S/C17H17FN2O4S/c18-11-4-5-13-10(7-11)8-14(25-13)17(23)24-9-15(21)20-6-2-1-3-12(20)16(19)22/h4-5,7-8,12H,1-3,6,9H2,(H2,19,22)/t12-/m0/s1. The maximum Gasteiger partial charge on any atom is 0.348 e. The van der Waals surface area contributed by atoms with Crippen LogP contribution in [0.3, 0.4) is 0 Å². The van der Waals surface area contributed by atoms with Crippen LogP contribution in [0.5, 0.6) is 0 Å². The largest absolute Gasteiger partial charge is 0.451 e. The van der Waals surface area contributed by atoms with Crippen molar-refractivity contribution in [3.63, 3.8) is 0 Å². The molecule has 132 valence electrons. The van der Waals surface area contributed by atoms with E-state index in [0.29, 0.717) is 23.2 Å². The van der Waals surface area contributed by atoms with Crippen molar-refractivity contribution < 1.29 is 23.5 Å². The van der Waals surface area contributed by atoms with Crippen LogP contribution in [0.1, 0.15) is 28.9 Å². The third-order valence-electron chi connectivity index (χ3n) is 4.16. The molecule has 0 bridgehead atoms. The van der Waals surface area contributed by atoms with Gasteiger partial charge in [-0.2, -0.15) is 0 Å². The molecule has 1 atom stereocenters. The number of piperidine rings is 1. The number of hydrogen-bond acceptors (Lipinski definition) is 5. The molecule has 2 amide bonds. The first-order chi connectivity index (χ1) is 12.0. The second kappa shape index (κ2) is 7.18. The number of benzene rings is 1. The minimum atomic E-state index is -0.650. The molecular formula is C17H17FN2O4S. The summed E-state index contributed by atoms with van der Waals surface area (Å²) in [6, 6.07) is 5.12. The number of nitrogens with zero attached hydrogens (tertiary/aromatic N) is 1. The van der Waals surface area contributed by atoms with Crippen molar-refractivity contribution in [3.8, 4) is 0 Å². The van der Waals surface area contributed by atoms with Crippen molar-refractivity contribution in [2.75, 3.05) is 13.2 Å². The number of thiophene rings is 1. The number of carbonyl (C=O) groups excluding carboxylic acids is 3. The number of halogens is 1. The summed E-state index contributed by atoms with van der Waals surface area (Å²) in [7, 11) is 0. The lowest BCUT2D eigenvalue weighted by Crippen LogP contribution is -2.51. The highest BCUT2D eigenvalue weighted by atomic mass is 32.1. The first-order valence-corrected chi connectivity index (χ1v) is 8.72. The molecule has 0 spiro atoms. The Hall–Kier alpha value is -2.48. The van der Waals surface area contributed by atoms with Crippen LogP contribution < -0.4 is 5.73 Å². The second-order valence-corrected chi connectivity index (χ2v) is 6.95. The number of ether oxygens (including phenoxy) is 1. The number of rotatable bonds is 4. The van der Waals surface area contributed by atoms with Crippen molar-refractivity contribution in [3.05, 3.63) is 35.0 Å². The van der Waals surface area contributed by atoms with Gasteiger partial charge < -0.3 is 15.4 Å². The SMILES string of the molecule is NC(=O)[C@@H]1CCCCN1C(=O)COC(=O)c1cc2cc(F)ccc2s1. The molecule has 0 radical (unpaired) electrons. The third kappa shape index (κ3) is 3.79. The average Bonchev–Trinajstić information content (AvgIpc) is 3.02. The number of nitrogens with two attached hydrogens (primary N) is 1. The monoisotopic (exact) mass is 364 g/mol. The fraction of sp³-hybridized carbons (Fsp3) is 0.353. The molecule has 8 heteroatoms. The molecule has 1 aliphatic rings. The minimum absolute atomic E-state index is 0.290. The summed E-state index contributed by atoms with van der Waals surface area (Å²) in [5, 5.41) is 0.605. The molecule has 1 fully saturated rings. The van der Waals surface area contributed by atoms with E-state index in [9.17, 15) is 18.8 Å². The summed E-state index contributed by atoms with van der Waals surface area (Å²) < 4.78 is 19.0. The zero-order chi connectivity index (χ0) is 18.0. The summed E-state index contributed by atoms with van der Waals surface area (Å²) in [6.45, 7) is -0.0304. The molecule has 1 aromatic carbocycles. The average molecular weight is 364 g/mol. The number of likely N-dealkylation sites (tertiary alicyclic amines) is 1. The van der Waals surface area contributed by atoms with Gasteiger partial charge in [-0.1, -0.05) is 0 Å². The number of primary amides is 1. The number of fused-ring (bicyclic) bond motifs is 1. The smallest absolute Gasteiger partial charge is 0.348 e. The van der Waals surface area contributed by atoms with Gasteiger partial charge in [-0.15, -0.1) is 11.3 Å². The van der Waals surface area contributed by atoms with E-state index in [1.807, 2.05) is 0 Å². The van der Waals surface area contributed by atoms with Crippen molar-refractivity contribution in [2.45, 2.75) is 25.3 Å². The van der Waals surface area contributed by atoms with E-state index in [1.54, 1.807) is 6.07 Å². The Morgan fingerprint density at radius 1 is 1.28 bits per heavy atom. The quantitative estimate of drug-likeness (QED) is 0.841. The van der Waals surface area contributed by atoms with E-state index in [1.165, 1.54) is 34.4 Å². The van der Waals surface area contributed by atoms with Crippen LogP contribution in [0.25, 0.3) is 10.1 Å². The van der Waals surface area contributed by atoms with Crippen molar-refractivity contribution in [1.29, 1.82) is 0 Å². The van der Waals surface area contributed by atoms with Gasteiger partial charge in [-0.05, 0) is 48.9 Å². The summed E-state index contributed by atoms with van der Waals surface area (Å²) >= 11 is 1.17. The summed E-state index contributed by atoms with van der Waals surface area (Å²) in [6.07, 6.45) is 2.14. The summed E-state index contributed by atoms with van der Waals surface area (Å²) in [4.78, 5) is 37.5. The molecule has 3 rings (SSSR count). The molecule has 1 saturated heterocycles. The maximum absolute atomic E-state index is 13.2. The molecule has 2 heterocycles. The topological polar surface area (TPSA) is 89.7 Å². The Morgan fingerprint density at radius 3 is 2.84 bits per heavy atom. The molecular weight excluding hydrogens is 347 g/mol. The van der Waals surface area contributed by atoms with E-state index in [-0.39, 0.29) is 5.82 Å². The van der Waals surface area contributed by atoms with Crippen LogP contribution in [-0.4, -0.2) is 41.9 Å². The van der Waals surface area contributed by atoms with E-state index in [0.717, 1.165) is 17.5 Å². The lowest BCUT2D eigenvalue weighted by Gasteiger charge is -2.33. The maximum atomic E-state index is 13.2. The zero-order valence-electron chi connectivity index (χ0n) is 13.4. The van der Waals surface area contributed by atoms with E-state index >= 15 is 0 Å². The molecule has 25 heavy (non-hydrogen) atoms. The van der Waals surface area contributed by atoms with Gasteiger partial charge in [0.2, 0.25) is 5.91 Å². The molecule has 2 aromatic rings. The van der Waals surface area contributed by atoms with E-state index in [4.69, 9.17) is 10.5 Å². The Morgan fingerprint density at radius 2 is 2.08 bits per heavy atom. The molecule has 0 aliphatic carbocycles. The highest BCUT2D eigenvalue weighted by Crippen LogP contribution is 2.27. The number of esters is 1. The molecule has 1 aliphatic heterocycles. The summed E-state index contributed by atoms with van der Waals surface area (Å²) in [5.74, 6) is -2.03. The number of amides is 2. The third-order valence-corrected chi connectivity index (χ3v) is 5.25. The number of carbonyl (C=O) groups is 3. The lowest BCUT2D eigenvalue weighted by molar-refractivity contribution is -0.143. The first kappa shape index (κ1) is 17.3. The van der Waals surface area contributed by atoms with Crippen molar-refractivity contribution in [1.82, 2.24) is 4.90 Å². The fourth-order valence-electron chi connectivity index (χ4n) is 2.92. The number of hydrogen-bond donors (Lipinski definition) is 1. The second-order valence-electron chi connectivity index (χ2n) is 5.87. The molecule has 0 saturated carbocycles. The van der Waals surface area contributed by atoms with Crippen molar-refractivity contribution >= 4 is 39.2 Å². The minimum Gasteiger partial charge on any atom is -0.451 e. The van der Waals surface area contributed by atoms with Crippen LogP contribution in [0, 0.1) is 5.82 Å². The van der Waals surface area contributed by atoms with Crippen LogP contribution in [0.2, 0.25) is 0 Å². The Bertz CT molecular complexity index is 835. The van der Waals surface area contributed by atoms with E-state index in [2.05, 4.69) is 0 Å². The van der Waals surface area contributed by atoms with Gasteiger partial charge in [-0.25, -0.2) is 9.18 Å². The predicted octanol–water partition coefficient (Wildman–Crippen LogP) is 2.06. The van der Waals surface area contributed by atoms with Gasteiger partial charge in [0.05, 0.1) is 0 Å². The Kier molecular flexibility index (Phi) is 4.98. The van der Waals surface area contributed by atoms with Crippen LogP contribution in [-0.2, 0) is 14.3 Å². The van der Waals surface area contributed by atoms with Gasteiger partial charge in [0, 0.05) is 11.2 Å². The Labute approximate surface area is 147 Å². The van der Waals surface area contributed by atoms with Crippen LogP contribution >= 0.6 is 11.3 Å². The van der Waals surface area contributed by atoms with Crippen LogP contribution in [0.4, 0.5) is 4.39 Å². The van der Waals surface area contributed by atoms with Gasteiger partial charge in [0.15, 0.2) is 6.61 Å². The predicted molar refractivity (Wildman–Crippen MR) is 90.6 cm³/mol. The van der Waals surface area contributed by atoms with Gasteiger partial charge in [0.25, 0.3) is 5.91 Å². The zero-order valence-corrected chi connectivity index (χ0v) is 14.2. The highest BCUT2D eigenvalue weighted by Gasteiger charge is 2.31. The molecule has 6 nitrogen and oxygen atoms in total. The van der Waals surface area contributed by atoms with Crippen molar-refractivity contribution in [2.24, 2.45) is 5.73 Å². The fourth-order valence-corrected chi connectivity index (χ4v) is 3.86. The first-order valence-electron chi connectivity index (χ1n) is 7.90. The molecule has 1 aromatic heterocycles. The Balaban J connectivity index is 1.64. The highest BCUT2D eigenvalue weighted by molar-refractivity contribution is 7.20. The molecule has 0 unspecified atom stereocenters. The lowest BCUT2D eigenvalue weighted by atomic mass is 10.0. The van der Waals surface area contributed by atoms with E-state index < -0.39 is 30.4 Å².